The van der Waals surface area contributed by atoms with E-state index in [4.69, 9.17) is 9.94 Å². The predicted molar refractivity (Wildman–Crippen MR) is 165 cm³/mol. The van der Waals surface area contributed by atoms with E-state index in [-0.39, 0.29) is 38.8 Å². The highest BCUT2D eigenvalue weighted by Gasteiger charge is 2.38. The molecule has 49 heavy (non-hydrogen) atoms. The highest BCUT2D eigenvalue weighted by molar-refractivity contribution is 6.01. The molecule has 3 N–H and O–H groups in total. The topological polar surface area (TPSA) is 159 Å². The van der Waals surface area contributed by atoms with E-state index in [1.54, 1.807) is 0 Å². The van der Waals surface area contributed by atoms with Gasteiger partial charge < -0.3 is 20.6 Å². The average Bonchev–Trinajstić information content (AvgIpc) is 3.33. The number of alkyl halides is 6. The smallest absolute Gasteiger partial charge is 0.471 e. The molecule has 17 heteroatoms. The maximum Gasteiger partial charge on any atom is 0.471 e. The fraction of sp³-hybridized carbons (Fsp3) is 0.812. The fourth-order valence-electron chi connectivity index (χ4n) is 4.68. The van der Waals surface area contributed by atoms with Crippen molar-refractivity contribution in [1.29, 1.82) is 0 Å². The summed E-state index contributed by atoms with van der Waals surface area (Å²) in [7, 11) is 0. The first-order valence-electron chi connectivity index (χ1n) is 17.0. The summed E-state index contributed by atoms with van der Waals surface area (Å²) < 4.78 is 71.4. The largest absolute Gasteiger partial charge is 0.481 e. The maximum atomic E-state index is 12.0. The summed E-state index contributed by atoms with van der Waals surface area (Å²) in [6.07, 6.45) is 6.55. The van der Waals surface area contributed by atoms with Gasteiger partial charge in [-0.15, -0.1) is 5.06 Å². The van der Waals surface area contributed by atoms with Gasteiger partial charge in [0.15, 0.2) is 0 Å². The van der Waals surface area contributed by atoms with Gasteiger partial charge in [0, 0.05) is 38.8 Å². The van der Waals surface area contributed by atoms with Crippen molar-refractivity contribution in [1.82, 2.24) is 15.7 Å². The number of nitrogens with one attached hydrogen (secondary N) is 2. The maximum absolute atomic E-state index is 12.0. The summed E-state index contributed by atoms with van der Waals surface area (Å²) >= 11 is 0. The Morgan fingerprint density at radius 3 is 1.18 bits per heavy atom. The van der Waals surface area contributed by atoms with Crippen LogP contribution in [0.15, 0.2) is 0 Å². The number of imide groups is 1. The lowest BCUT2D eigenvalue weighted by Crippen LogP contribution is -2.37. The van der Waals surface area contributed by atoms with Gasteiger partial charge >= 0.3 is 36.1 Å². The minimum Gasteiger partial charge on any atom is -0.481 e. The van der Waals surface area contributed by atoms with Crippen molar-refractivity contribution in [2.24, 2.45) is 0 Å². The molecule has 4 amide bonds. The predicted octanol–water partition coefficient (Wildman–Crippen LogP) is 6.82. The van der Waals surface area contributed by atoms with Crippen LogP contribution in [-0.2, 0) is 33.6 Å². The van der Waals surface area contributed by atoms with E-state index in [1.165, 1.54) is 0 Å². The van der Waals surface area contributed by atoms with E-state index in [1.807, 2.05) is 10.6 Å². The van der Waals surface area contributed by atoms with Crippen molar-refractivity contribution in [3.63, 3.8) is 0 Å². The number of nitrogens with zero attached hydrogens (tertiary/aromatic N) is 1. The standard InChI is InChI=1S/C18H27F3N2O5.C14H24F3NO3/c19-18(20,21)17(27)22-13-9-7-5-3-1-2-4-6-8-10-16(26)28-23-14(24)11-12-15(23)25;15-14(16,17)13(21)18-11-9-7-5-3-1-2-4-6-8-10-12(19)20/h1-13H2,(H,22,27);1-11H2,(H,18,21)(H,19,20). The van der Waals surface area contributed by atoms with Crippen molar-refractivity contribution >= 4 is 35.6 Å². The van der Waals surface area contributed by atoms with Gasteiger partial charge in [-0.25, -0.2) is 4.79 Å². The molecule has 11 nitrogen and oxygen atoms in total. The molecule has 0 aromatic rings. The summed E-state index contributed by atoms with van der Waals surface area (Å²) in [4.78, 5) is 70.3. The van der Waals surface area contributed by atoms with Crippen molar-refractivity contribution in [3.8, 4) is 0 Å². The Kier molecular flexibility index (Phi) is 24.6. The minimum atomic E-state index is -4.82. The Morgan fingerprint density at radius 1 is 0.551 bits per heavy atom. The third-order valence-electron chi connectivity index (χ3n) is 7.41. The average molecular weight is 720 g/mol. The van der Waals surface area contributed by atoms with E-state index in [0.717, 1.165) is 89.9 Å². The second-order valence-electron chi connectivity index (χ2n) is 11.8. The van der Waals surface area contributed by atoms with Gasteiger partial charge in [0.2, 0.25) is 0 Å². The Labute approximate surface area is 283 Å². The molecule has 1 aliphatic rings. The second-order valence-corrected chi connectivity index (χ2v) is 11.8. The van der Waals surface area contributed by atoms with Gasteiger partial charge in [-0.1, -0.05) is 89.9 Å². The first kappa shape index (κ1) is 45.6. The fourth-order valence-corrected chi connectivity index (χ4v) is 4.68. The van der Waals surface area contributed by atoms with E-state index in [2.05, 4.69) is 0 Å². The molecule has 0 atom stereocenters. The number of halogens is 6. The third-order valence-corrected chi connectivity index (χ3v) is 7.41. The number of carbonyl (C=O) groups excluding carboxylic acids is 5. The number of hydrogen-bond acceptors (Lipinski definition) is 7. The van der Waals surface area contributed by atoms with Crippen LogP contribution in [0, 0.1) is 0 Å². The molecule has 0 spiro atoms. The molecule has 0 aromatic carbocycles. The minimum absolute atomic E-state index is 0.0308. The highest BCUT2D eigenvalue weighted by atomic mass is 19.4. The van der Waals surface area contributed by atoms with Crippen LogP contribution in [0.3, 0.4) is 0 Å². The van der Waals surface area contributed by atoms with Crippen molar-refractivity contribution in [2.75, 3.05) is 13.1 Å². The molecular weight excluding hydrogens is 668 g/mol. The Morgan fingerprint density at radius 2 is 0.857 bits per heavy atom. The van der Waals surface area contributed by atoms with Crippen LogP contribution in [0.2, 0.25) is 0 Å². The number of unbranched alkanes of at least 4 members (excludes halogenated alkanes) is 16. The number of amides is 4. The summed E-state index contributed by atoms with van der Waals surface area (Å²) in [5.41, 5.74) is 0. The van der Waals surface area contributed by atoms with Gasteiger partial charge in [-0.05, 0) is 25.7 Å². The lowest BCUT2D eigenvalue weighted by Gasteiger charge is -2.12. The Balaban J connectivity index is 0.000000983. The zero-order valence-corrected chi connectivity index (χ0v) is 28.0. The van der Waals surface area contributed by atoms with Gasteiger partial charge in [-0.2, -0.15) is 26.3 Å². The normalized spacial score (nSPS) is 13.1. The van der Waals surface area contributed by atoms with Crippen LogP contribution in [0.1, 0.15) is 141 Å². The Hall–Kier alpha value is -3.40. The zero-order chi connectivity index (χ0) is 37.1. The van der Waals surface area contributed by atoms with Gasteiger partial charge in [-0.3, -0.25) is 24.0 Å². The van der Waals surface area contributed by atoms with E-state index < -0.39 is 47.9 Å². The van der Waals surface area contributed by atoms with Crippen LogP contribution < -0.4 is 10.6 Å². The number of carbonyl (C=O) groups is 6. The molecule has 1 aliphatic heterocycles. The van der Waals surface area contributed by atoms with Crippen LogP contribution in [-0.4, -0.2) is 71.2 Å². The summed E-state index contributed by atoms with van der Waals surface area (Å²) in [5.74, 6) is -6.07. The van der Waals surface area contributed by atoms with Crippen molar-refractivity contribution in [3.05, 3.63) is 0 Å². The monoisotopic (exact) mass is 719 g/mol. The number of hydroxylamine groups is 2. The number of rotatable bonds is 25. The molecule has 1 fully saturated rings. The molecule has 0 aliphatic carbocycles. The van der Waals surface area contributed by atoms with Crippen molar-refractivity contribution < 1.29 is 65.1 Å². The SMILES string of the molecule is O=C(CCCCCCCCCCCNC(=O)C(F)(F)F)ON1C(=O)CCC1=O.O=C(O)CCCCCCCCCCCNC(=O)C(F)(F)F. The van der Waals surface area contributed by atoms with Gasteiger partial charge in [0.25, 0.3) is 11.8 Å². The highest BCUT2D eigenvalue weighted by Crippen LogP contribution is 2.17. The van der Waals surface area contributed by atoms with Crippen LogP contribution in [0.4, 0.5) is 26.3 Å². The number of carboxylic acids is 1. The first-order valence-corrected chi connectivity index (χ1v) is 17.0. The second kappa shape index (κ2) is 26.5. The molecule has 1 saturated heterocycles. The molecular formula is C32H51F6N3O8. The molecule has 0 unspecified atom stereocenters. The molecule has 0 aromatic heterocycles. The first-order chi connectivity index (χ1) is 23.1. The Bertz CT molecular complexity index is 992. The number of carboxylic acid groups (broad SMARTS) is 1. The quantitative estimate of drug-likeness (QED) is 0.0527. The lowest BCUT2D eigenvalue weighted by atomic mass is 10.1. The van der Waals surface area contributed by atoms with Crippen LogP contribution in [0.25, 0.3) is 0 Å². The van der Waals surface area contributed by atoms with E-state index in [9.17, 15) is 55.1 Å². The number of aliphatic carboxylic acids is 1. The van der Waals surface area contributed by atoms with Crippen LogP contribution in [0.5, 0.6) is 0 Å². The van der Waals surface area contributed by atoms with Crippen molar-refractivity contribution in [2.45, 2.75) is 154 Å². The zero-order valence-electron chi connectivity index (χ0n) is 28.0. The summed E-state index contributed by atoms with van der Waals surface area (Å²) in [6, 6.07) is 0. The molecule has 1 heterocycles. The molecule has 284 valence electrons. The third kappa shape index (κ3) is 26.2. The lowest BCUT2D eigenvalue weighted by molar-refractivity contribution is -0.197. The molecule has 0 bridgehead atoms. The molecule has 0 radical (unpaired) electrons. The van der Waals surface area contributed by atoms with Gasteiger partial charge in [0.1, 0.15) is 0 Å². The molecule has 1 rings (SSSR count). The van der Waals surface area contributed by atoms with Gasteiger partial charge in [0.05, 0.1) is 0 Å². The van der Waals surface area contributed by atoms with E-state index in [0.29, 0.717) is 30.7 Å². The molecule has 0 saturated carbocycles. The number of hydrogen-bond donors (Lipinski definition) is 3. The summed E-state index contributed by atoms with van der Waals surface area (Å²) in [5, 5.41) is 12.7. The van der Waals surface area contributed by atoms with E-state index >= 15 is 0 Å². The van der Waals surface area contributed by atoms with Crippen LogP contribution >= 0.6 is 0 Å². The summed E-state index contributed by atoms with van der Waals surface area (Å²) in [6.45, 7) is 0.0938.